The van der Waals surface area contributed by atoms with E-state index < -0.39 is 0 Å². The van der Waals surface area contributed by atoms with E-state index in [2.05, 4.69) is 41.4 Å². The molecule has 106 valence electrons. The topological polar surface area (TPSA) is 49.8 Å². The van der Waals surface area contributed by atoms with Crippen LogP contribution < -0.4 is 10.6 Å². The second kappa shape index (κ2) is 6.73. The van der Waals surface area contributed by atoms with Crippen LogP contribution in [0.15, 0.2) is 6.07 Å². The van der Waals surface area contributed by atoms with Crippen molar-refractivity contribution < 1.29 is 0 Å². The Labute approximate surface area is 116 Å². The molecule has 1 fully saturated rings. The van der Waals surface area contributed by atoms with Gasteiger partial charge in [0, 0.05) is 25.1 Å². The Kier molecular flexibility index (Phi) is 5.00. The van der Waals surface area contributed by atoms with Crippen LogP contribution in [0.4, 0.5) is 11.6 Å². The highest BCUT2D eigenvalue weighted by Crippen LogP contribution is 2.37. The Balaban J connectivity index is 1.99. The molecule has 2 atom stereocenters. The lowest BCUT2D eigenvalue weighted by Gasteiger charge is -2.10. The molecule has 1 saturated carbocycles. The SMILES string of the molecule is CCCNc1cc(NC2CC2CCC)nc(CC)n1. The molecule has 1 aromatic rings. The molecule has 0 saturated heterocycles. The molecule has 1 heterocycles. The van der Waals surface area contributed by atoms with Gasteiger partial charge in [-0.3, -0.25) is 0 Å². The van der Waals surface area contributed by atoms with Gasteiger partial charge < -0.3 is 10.6 Å². The van der Waals surface area contributed by atoms with Gasteiger partial charge >= 0.3 is 0 Å². The summed E-state index contributed by atoms with van der Waals surface area (Å²) in [7, 11) is 0. The predicted octanol–water partition coefficient (Wildman–Crippen LogP) is 3.46. The minimum absolute atomic E-state index is 0.624. The highest BCUT2D eigenvalue weighted by Gasteiger charge is 2.36. The molecule has 4 heteroatoms. The van der Waals surface area contributed by atoms with Crippen molar-refractivity contribution in [1.29, 1.82) is 0 Å². The summed E-state index contributed by atoms with van der Waals surface area (Å²) in [5.74, 6) is 3.69. The van der Waals surface area contributed by atoms with Crippen LogP contribution in [0.25, 0.3) is 0 Å². The third-order valence-electron chi connectivity index (χ3n) is 3.56. The molecule has 1 aliphatic rings. The van der Waals surface area contributed by atoms with Crippen molar-refractivity contribution in [3.63, 3.8) is 0 Å². The minimum atomic E-state index is 0.624. The Bertz CT molecular complexity index is 405. The molecule has 0 spiro atoms. The van der Waals surface area contributed by atoms with Crippen molar-refractivity contribution >= 4 is 11.6 Å². The Morgan fingerprint density at radius 1 is 1.16 bits per heavy atom. The molecule has 0 amide bonds. The van der Waals surface area contributed by atoms with E-state index in [0.717, 1.165) is 42.8 Å². The van der Waals surface area contributed by atoms with E-state index in [1.54, 1.807) is 0 Å². The summed E-state index contributed by atoms with van der Waals surface area (Å²) >= 11 is 0. The number of rotatable bonds is 8. The fourth-order valence-electron chi connectivity index (χ4n) is 2.38. The van der Waals surface area contributed by atoms with Crippen molar-refractivity contribution in [3.8, 4) is 0 Å². The van der Waals surface area contributed by atoms with Crippen LogP contribution >= 0.6 is 0 Å². The maximum atomic E-state index is 4.57. The molecule has 1 aromatic heterocycles. The summed E-state index contributed by atoms with van der Waals surface area (Å²) in [4.78, 5) is 9.08. The van der Waals surface area contributed by atoms with Crippen LogP contribution in [0.2, 0.25) is 0 Å². The summed E-state index contributed by atoms with van der Waals surface area (Å²) in [6.07, 6.45) is 5.87. The van der Waals surface area contributed by atoms with Gasteiger partial charge in [0.2, 0.25) is 0 Å². The maximum Gasteiger partial charge on any atom is 0.132 e. The number of nitrogens with zero attached hydrogens (tertiary/aromatic N) is 2. The van der Waals surface area contributed by atoms with E-state index in [-0.39, 0.29) is 0 Å². The molecule has 0 aliphatic heterocycles. The van der Waals surface area contributed by atoms with Crippen LogP contribution in [0.5, 0.6) is 0 Å². The van der Waals surface area contributed by atoms with E-state index >= 15 is 0 Å². The number of aromatic nitrogens is 2. The average Bonchev–Trinajstić information content (AvgIpc) is 3.14. The first kappa shape index (κ1) is 14.1. The van der Waals surface area contributed by atoms with Gasteiger partial charge in [0.05, 0.1) is 0 Å². The first-order valence-corrected chi connectivity index (χ1v) is 7.65. The highest BCUT2D eigenvalue weighted by molar-refractivity contribution is 5.49. The van der Waals surface area contributed by atoms with Crippen molar-refractivity contribution in [2.45, 2.75) is 58.9 Å². The first-order valence-electron chi connectivity index (χ1n) is 7.65. The van der Waals surface area contributed by atoms with Gasteiger partial charge in [0.25, 0.3) is 0 Å². The summed E-state index contributed by atoms with van der Waals surface area (Å²) in [5, 5.41) is 6.90. The van der Waals surface area contributed by atoms with Gasteiger partial charge in [-0.05, 0) is 25.2 Å². The quantitative estimate of drug-likeness (QED) is 0.753. The molecule has 2 rings (SSSR count). The van der Waals surface area contributed by atoms with E-state index in [0.29, 0.717) is 6.04 Å². The van der Waals surface area contributed by atoms with Crippen LogP contribution in [-0.4, -0.2) is 22.6 Å². The normalized spacial score (nSPS) is 21.2. The van der Waals surface area contributed by atoms with Crippen molar-refractivity contribution in [2.75, 3.05) is 17.2 Å². The fourth-order valence-corrected chi connectivity index (χ4v) is 2.38. The van der Waals surface area contributed by atoms with Gasteiger partial charge in [0.15, 0.2) is 0 Å². The van der Waals surface area contributed by atoms with Gasteiger partial charge in [0.1, 0.15) is 17.5 Å². The Morgan fingerprint density at radius 2 is 1.95 bits per heavy atom. The molecule has 0 bridgehead atoms. The molecule has 0 aromatic carbocycles. The minimum Gasteiger partial charge on any atom is -0.370 e. The molecule has 0 radical (unpaired) electrons. The van der Waals surface area contributed by atoms with Gasteiger partial charge in [-0.25, -0.2) is 9.97 Å². The zero-order valence-electron chi connectivity index (χ0n) is 12.4. The summed E-state index contributed by atoms with van der Waals surface area (Å²) in [6, 6.07) is 2.66. The van der Waals surface area contributed by atoms with Gasteiger partial charge in [-0.15, -0.1) is 0 Å². The smallest absolute Gasteiger partial charge is 0.132 e. The van der Waals surface area contributed by atoms with Gasteiger partial charge in [-0.1, -0.05) is 27.2 Å². The lowest BCUT2D eigenvalue weighted by atomic mass is 10.2. The van der Waals surface area contributed by atoms with E-state index in [9.17, 15) is 0 Å². The second-order valence-corrected chi connectivity index (χ2v) is 5.37. The van der Waals surface area contributed by atoms with Crippen molar-refractivity contribution in [2.24, 2.45) is 5.92 Å². The van der Waals surface area contributed by atoms with Crippen LogP contribution in [-0.2, 0) is 6.42 Å². The molecule has 1 aliphatic carbocycles. The van der Waals surface area contributed by atoms with E-state index in [4.69, 9.17) is 0 Å². The van der Waals surface area contributed by atoms with Gasteiger partial charge in [-0.2, -0.15) is 0 Å². The lowest BCUT2D eigenvalue weighted by molar-refractivity contribution is 0.692. The number of hydrogen-bond acceptors (Lipinski definition) is 4. The molecule has 2 unspecified atom stereocenters. The molecular weight excluding hydrogens is 236 g/mol. The average molecular weight is 262 g/mol. The van der Waals surface area contributed by atoms with E-state index in [1.807, 2.05) is 6.07 Å². The number of nitrogens with one attached hydrogen (secondary N) is 2. The Morgan fingerprint density at radius 3 is 2.63 bits per heavy atom. The lowest BCUT2D eigenvalue weighted by Crippen LogP contribution is -2.10. The van der Waals surface area contributed by atoms with Crippen LogP contribution in [0.1, 0.15) is 52.3 Å². The standard InChI is InChI=1S/C15H26N4/c1-4-7-11-9-12(11)17-15-10-14(16-8-5-2)18-13(6-3)19-15/h10-12H,4-9H2,1-3H3,(H2,16,17,18,19). The first-order chi connectivity index (χ1) is 9.26. The monoisotopic (exact) mass is 262 g/mol. The number of hydrogen-bond donors (Lipinski definition) is 2. The number of anilines is 2. The zero-order valence-corrected chi connectivity index (χ0v) is 12.4. The molecular formula is C15H26N4. The van der Waals surface area contributed by atoms with Crippen molar-refractivity contribution in [1.82, 2.24) is 9.97 Å². The molecule has 4 nitrogen and oxygen atoms in total. The Hall–Kier alpha value is -1.32. The third-order valence-corrected chi connectivity index (χ3v) is 3.56. The van der Waals surface area contributed by atoms with Crippen LogP contribution in [0, 0.1) is 5.92 Å². The summed E-state index contributed by atoms with van der Waals surface area (Å²) < 4.78 is 0. The molecule has 19 heavy (non-hydrogen) atoms. The fraction of sp³-hybridized carbons (Fsp3) is 0.733. The summed E-state index contributed by atoms with van der Waals surface area (Å²) in [6.45, 7) is 7.47. The predicted molar refractivity (Wildman–Crippen MR) is 80.6 cm³/mol. The maximum absolute atomic E-state index is 4.57. The molecule has 2 N–H and O–H groups in total. The third kappa shape index (κ3) is 4.08. The number of aryl methyl sites for hydroxylation is 1. The van der Waals surface area contributed by atoms with Crippen molar-refractivity contribution in [3.05, 3.63) is 11.9 Å². The van der Waals surface area contributed by atoms with E-state index in [1.165, 1.54) is 19.3 Å². The highest BCUT2D eigenvalue weighted by atomic mass is 15.1. The summed E-state index contributed by atoms with van der Waals surface area (Å²) in [5.41, 5.74) is 0. The zero-order chi connectivity index (χ0) is 13.7. The largest absolute Gasteiger partial charge is 0.370 e. The van der Waals surface area contributed by atoms with Crippen LogP contribution in [0.3, 0.4) is 0 Å². The second-order valence-electron chi connectivity index (χ2n) is 5.37.